The van der Waals surface area contributed by atoms with Crippen molar-refractivity contribution in [3.05, 3.63) is 81.0 Å². The first kappa shape index (κ1) is 18.6. The molecule has 0 saturated heterocycles. The van der Waals surface area contributed by atoms with Gasteiger partial charge in [0.2, 0.25) is 5.91 Å². The SMILES string of the molecule is CCn1c(=O)c2ccccc2n(CC(=O)NCCCc2ccccc2)c1=O. The predicted molar refractivity (Wildman–Crippen MR) is 106 cm³/mol. The molecule has 1 heterocycles. The average molecular weight is 365 g/mol. The number of nitrogens with zero attached hydrogens (tertiary/aromatic N) is 2. The molecule has 6 nitrogen and oxygen atoms in total. The number of carbonyl (C=O) groups excluding carboxylic acids is 1. The zero-order chi connectivity index (χ0) is 19.2. The van der Waals surface area contributed by atoms with Crippen LogP contribution >= 0.6 is 0 Å². The minimum Gasteiger partial charge on any atom is -0.355 e. The summed E-state index contributed by atoms with van der Waals surface area (Å²) in [4.78, 5) is 37.4. The number of rotatable bonds is 7. The predicted octanol–water partition coefficient (Wildman–Crippen LogP) is 1.93. The Labute approximate surface area is 157 Å². The van der Waals surface area contributed by atoms with Crippen LogP contribution in [-0.2, 0) is 24.3 Å². The largest absolute Gasteiger partial charge is 0.355 e. The molecule has 0 radical (unpaired) electrons. The molecule has 0 bridgehead atoms. The molecule has 140 valence electrons. The van der Waals surface area contributed by atoms with Crippen LogP contribution in [0.15, 0.2) is 64.2 Å². The van der Waals surface area contributed by atoms with Crippen LogP contribution in [0.3, 0.4) is 0 Å². The summed E-state index contributed by atoms with van der Waals surface area (Å²) in [6, 6.07) is 17.0. The highest BCUT2D eigenvalue weighted by Crippen LogP contribution is 2.07. The number of fused-ring (bicyclic) bond motifs is 1. The van der Waals surface area contributed by atoms with Crippen LogP contribution in [0, 0.1) is 0 Å². The molecule has 0 spiro atoms. The highest BCUT2D eigenvalue weighted by Gasteiger charge is 2.14. The molecule has 1 N–H and O–H groups in total. The van der Waals surface area contributed by atoms with Crippen molar-refractivity contribution in [1.82, 2.24) is 14.5 Å². The lowest BCUT2D eigenvalue weighted by molar-refractivity contribution is -0.121. The number of benzene rings is 2. The van der Waals surface area contributed by atoms with Gasteiger partial charge in [-0.15, -0.1) is 0 Å². The third kappa shape index (κ3) is 4.16. The van der Waals surface area contributed by atoms with Gasteiger partial charge in [0, 0.05) is 13.1 Å². The van der Waals surface area contributed by atoms with Crippen LogP contribution in [0.25, 0.3) is 10.9 Å². The van der Waals surface area contributed by atoms with E-state index in [4.69, 9.17) is 0 Å². The van der Waals surface area contributed by atoms with Gasteiger partial charge in [-0.05, 0) is 37.5 Å². The maximum atomic E-state index is 12.6. The lowest BCUT2D eigenvalue weighted by Gasteiger charge is -2.13. The second-order valence-corrected chi connectivity index (χ2v) is 6.37. The highest BCUT2D eigenvalue weighted by atomic mass is 16.2. The van der Waals surface area contributed by atoms with Crippen molar-refractivity contribution in [3.8, 4) is 0 Å². The van der Waals surface area contributed by atoms with Crippen LogP contribution in [0.2, 0.25) is 0 Å². The molecule has 0 aliphatic rings. The summed E-state index contributed by atoms with van der Waals surface area (Å²) in [6.07, 6.45) is 1.70. The lowest BCUT2D eigenvalue weighted by atomic mass is 10.1. The Morgan fingerprint density at radius 3 is 2.41 bits per heavy atom. The molecule has 0 aliphatic carbocycles. The number of hydrogen-bond donors (Lipinski definition) is 1. The Bertz CT molecular complexity index is 1050. The Balaban J connectivity index is 1.71. The van der Waals surface area contributed by atoms with Crippen LogP contribution < -0.4 is 16.6 Å². The van der Waals surface area contributed by atoms with Gasteiger partial charge in [-0.2, -0.15) is 0 Å². The second-order valence-electron chi connectivity index (χ2n) is 6.37. The molecular weight excluding hydrogens is 342 g/mol. The number of amides is 1. The fourth-order valence-electron chi connectivity index (χ4n) is 3.17. The van der Waals surface area contributed by atoms with Gasteiger partial charge in [0.05, 0.1) is 10.9 Å². The first-order valence-corrected chi connectivity index (χ1v) is 9.15. The van der Waals surface area contributed by atoms with E-state index in [0.29, 0.717) is 17.4 Å². The van der Waals surface area contributed by atoms with E-state index >= 15 is 0 Å². The third-order valence-electron chi connectivity index (χ3n) is 4.56. The normalized spacial score (nSPS) is 10.9. The highest BCUT2D eigenvalue weighted by molar-refractivity contribution is 5.81. The summed E-state index contributed by atoms with van der Waals surface area (Å²) in [5.74, 6) is -0.239. The van der Waals surface area contributed by atoms with E-state index in [-0.39, 0.29) is 24.6 Å². The zero-order valence-corrected chi connectivity index (χ0v) is 15.4. The smallest absolute Gasteiger partial charge is 0.331 e. The summed E-state index contributed by atoms with van der Waals surface area (Å²) in [7, 11) is 0. The maximum Gasteiger partial charge on any atom is 0.331 e. The molecule has 3 rings (SSSR count). The van der Waals surface area contributed by atoms with Gasteiger partial charge >= 0.3 is 5.69 Å². The van der Waals surface area contributed by atoms with Gasteiger partial charge in [-0.3, -0.25) is 18.7 Å². The minimum atomic E-state index is -0.458. The number of carbonyl (C=O) groups is 1. The number of hydrogen-bond acceptors (Lipinski definition) is 3. The maximum absolute atomic E-state index is 12.6. The van der Waals surface area contributed by atoms with E-state index in [1.807, 2.05) is 18.2 Å². The first-order chi connectivity index (χ1) is 13.1. The number of para-hydroxylation sites is 1. The van der Waals surface area contributed by atoms with Crippen LogP contribution in [0.1, 0.15) is 18.9 Å². The monoisotopic (exact) mass is 365 g/mol. The molecule has 0 atom stereocenters. The molecule has 1 aromatic heterocycles. The topological polar surface area (TPSA) is 73.1 Å². The van der Waals surface area contributed by atoms with E-state index < -0.39 is 5.69 Å². The van der Waals surface area contributed by atoms with Crippen molar-refractivity contribution in [1.29, 1.82) is 0 Å². The van der Waals surface area contributed by atoms with Gasteiger partial charge in [0.1, 0.15) is 6.54 Å². The van der Waals surface area contributed by atoms with Crippen molar-refractivity contribution in [2.75, 3.05) is 6.54 Å². The fraction of sp³-hybridized carbons (Fsp3) is 0.286. The van der Waals surface area contributed by atoms with Crippen molar-refractivity contribution < 1.29 is 4.79 Å². The molecule has 1 amide bonds. The van der Waals surface area contributed by atoms with Gasteiger partial charge in [-0.1, -0.05) is 42.5 Å². The molecule has 3 aromatic rings. The number of aromatic nitrogens is 2. The second kappa shape index (κ2) is 8.49. The lowest BCUT2D eigenvalue weighted by Crippen LogP contribution is -2.42. The molecule has 0 unspecified atom stereocenters. The Morgan fingerprint density at radius 1 is 0.963 bits per heavy atom. The Hall–Kier alpha value is -3.15. The van der Waals surface area contributed by atoms with Crippen LogP contribution in [0.5, 0.6) is 0 Å². The first-order valence-electron chi connectivity index (χ1n) is 9.15. The molecule has 6 heteroatoms. The van der Waals surface area contributed by atoms with Gasteiger partial charge < -0.3 is 5.32 Å². The zero-order valence-electron chi connectivity index (χ0n) is 15.4. The molecule has 27 heavy (non-hydrogen) atoms. The van der Waals surface area contributed by atoms with Gasteiger partial charge in [0.15, 0.2) is 0 Å². The summed E-state index contributed by atoms with van der Waals surface area (Å²) < 4.78 is 2.53. The van der Waals surface area contributed by atoms with Crippen molar-refractivity contribution in [2.24, 2.45) is 0 Å². The number of aryl methyl sites for hydroxylation is 1. The molecular formula is C21H23N3O3. The van der Waals surface area contributed by atoms with Crippen molar-refractivity contribution in [2.45, 2.75) is 32.9 Å². The summed E-state index contributed by atoms with van der Waals surface area (Å²) in [5.41, 5.74) is 0.930. The minimum absolute atomic E-state index is 0.106. The molecule has 2 aromatic carbocycles. The number of nitrogens with one attached hydrogen (secondary N) is 1. The van der Waals surface area contributed by atoms with E-state index in [9.17, 15) is 14.4 Å². The summed E-state index contributed by atoms with van der Waals surface area (Å²) in [5, 5.41) is 3.30. The third-order valence-corrected chi connectivity index (χ3v) is 4.56. The molecule has 0 aliphatic heterocycles. The average Bonchev–Trinajstić information content (AvgIpc) is 2.70. The van der Waals surface area contributed by atoms with Crippen molar-refractivity contribution in [3.63, 3.8) is 0 Å². The quantitative estimate of drug-likeness (QED) is 0.650. The van der Waals surface area contributed by atoms with E-state index in [1.54, 1.807) is 31.2 Å². The van der Waals surface area contributed by atoms with Crippen LogP contribution in [0.4, 0.5) is 0 Å². The Morgan fingerprint density at radius 2 is 1.67 bits per heavy atom. The molecule has 0 saturated carbocycles. The van der Waals surface area contributed by atoms with E-state index in [1.165, 1.54) is 10.1 Å². The molecule has 0 fully saturated rings. The fourth-order valence-corrected chi connectivity index (χ4v) is 3.17. The van der Waals surface area contributed by atoms with E-state index in [0.717, 1.165) is 17.4 Å². The van der Waals surface area contributed by atoms with Gasteiger partial charge in [0.25, 0.3) is 5.56 Å². The Kier molecular flexibility index (Phi) is 5.86. The van der Waals surface area contributed by atoms with E-state index in [2.05, 4.69) is 17.4 Å². The summed E-state index contributed by atoms with van der Waals surface area (Å²) >= 11 is 0. The van der Waals surface area contributed by atoms with Crippen molar-refractivity contribution >= 4 is 16.8 Å². The van der Waals surface area contributed by atoms with Gasteiger partial charge in [-0.25, -0.2) is 4.79 Å². The van der Waals surface area contributed by atoms with Crippen LogP contribution in [-0.4, -0.2) is 21.6 Å². The standard InChI is InChI=1S/C21H23N3O3/c1-2-23-20(26)17-12-6-7-13-18(17)24(21(23)27)15-19(25)22-14-8-11-16-9-4-3-5-10-16/h3-7,9-10,12-13H,2,8,11,14-15H2,1H3,(H,22,25). The summed E-state index contributed by atoms with van der Waals surface area (Å²) in [6.45, 7) is 2.44.